The van der Waals surface area contributed by atoms with E-state index < -0.39 is 0 Å². The Hall–Kier alpha value is -1.78. The second kappa shape index (κ2) is 7.47. The van der Waals surface area contributed by atoms with Crippen molar-refractivity contribution in [2.24, 2.45) is 10.9 Å². The number of aromatic nitrogens is 1. The molecule has 2 fully saturated rings. The summed E-state index contributed by atoms with van der Waals surface area (Å²) in [6, 6.07) is 4.04. The van der Waals surface area contributed by atoms with Gasteiger partial charge in [-0.1, -0.05) is 0 Å². The van der Waals surface area contributed by atoms with Crippen molar-refractivity contribution in [3.05, 3.63) is 23.9 Å². The van der Waals surface area contributed by atoms with E-state index in [-0.39, 0.29) is 0 Å². The summed E-state index contributed by atoms with van der Waals surface area (Å²) in [6.45, 7) is 1.75. The summed E-state index contributed by atoms with van der Waals surface area (Å²) in [5.74, 6) is 2.44. The molecule has 5 nitrogen and oxygen atoms in total. The third kappa shape index (κ3) is 4.61. The highest BCUT2D eigenvalue weighted by molar-refractivity contribution is 5.79. The Bertz CT molecular complexity index is 507. The van der Waals surface area contributed by atoms with E-state index in [1.807, 2.05) is 25.4 Å². The highest BCUT2D eigenvalue weighted by atomic mass is 16.5. The molecular weight excluding hydrogens is 276 g/mol. The summed E-state index contributed by atoms with van der Waals surface area (Å²) in [4.78, 5) is 8.58. The van der Waals surface area contributed by atoms with E-state index >= 15 is 0 Å². The first kappa shape index (κ1) is 15.1. The van der Waals surface area contributed by atoms with E-state index in [9.17, 15) is 0 Å². The molecule has 120 valence electrons. The van der Waals surface area contributed by atoms with Gasteiger partial charge in [0.15, 0.2) is 5.96 Å². The van der Waals surface area contributed by atoms with Crippen molar-refractivity contribution in [1.29, 1.82) is 0 Å². The van der Waals surface area contributed by atoms with Crippen molar-refractivity contribution in [1.82, 2.24) is 15.6 Å². The van der Waals surface area contributed by atoms with E-state index in [4.69, 9.17) is 4.74 Å². The summed E-state index contributed by atoms with van der Waals surface area (Å²) < 4.78 is 5.95. The molecule has 2 saturated carbocycles. The van der Waals surface area contributed by atoms with Crippen LogP contribution in [0.2, 0.25) is 0 Å². The maximum Gasteiger partial charge on any atom is 0.213 e. The number of aliphatic imine (C=N–C) groups is 1. The van der Waals surface area contributed by atoms with Crippen LogP contribution in [0.15, 0.2) is 23.3 Å². The number of rotatable bonds is 6. The summed E-state index contributed by atoms with van der Waals surface area (Å²) in [7, 11) is 1.81. The van der Waals surface area contributed by atoms with Crippen LogP contribution >= 0.6 is 0 Å². The van der Waals surface area contributed by atoms with Gasteiger partial charge in [0.2, 0.25) is 5.88 Å². The lowest BCUT2D eigenvalue weighted by Gasteiger charge is -2.14. The number of pyridine rings is 1. The van der Waals surface area contributed by atoms with Gasteiger partial charge in [-0.2, -0.15) is 0 Å². The maximum absolute atomic E-state index is 5.95. The second-order valence-electron chi connectivity index (χ2n) is 6.28. The molecule has 3 rings (SSSR count). The molecular formula is C17H26N4O. The van der Waals surface area contributed by atoms with E-state index in [2.05, 4.69) is 20.6 Å². The number of hydrogen-bond acceptors (Lipinski definition) is 3. The van der Waals surface area contributed by atoms with Crippen LogP contribution < -0.4 is 15.4 Å². The van der Waals surface area contributed by atoms with Gasteiger partial charge in [0, 0.05) is 32.4 Å². The van der Waals surface area contributed by atoms with Crippen LogP contribution in [0.3, 0.4) is 0 Å². The van der Waals surface area contributed by atoms with Gasteiger partial charge >= 0.3 is 0 Å². The van der Waals surface area contributed by atoms with Gasteiger partial charge in [0.25, 0.3) is 0 Å². The molecule has 2 N–H and O–H groups in total. The molecule has 1 aromatic heterocycles. The first-order valence-electron chi connectivity index (χ1n) is 8.39. The number of ether oxygens (including phenoxy) is 1. The highest BCUT2D eigenvalue weighted by Crippen LogP contribution is 2.27. The zero-order valence-electron chi connectivity index (χ0n) is 13.3. The average molecular weight is 302 g/mol. The van der Waals surface area contributed by atoms with Crippen molar-refractivity contribution < 1.29 is 4.74 Å². The second-order valence-corrected chi connectivity index (χ2v) is 6.28. The van der Waals surface area contributed by atoms with E-state index in [1.54, 1.807) is 0 Å². The Balaban J connectivity index is 1.48. The van der Waals surface area contributed by atoms with E-state index in [0.717, 1.165) is 49.3 Å². The smallest absolute Gasteiger partial charge is 0.213 e. The number of hydrogen-bond donors (Lipinski definition) is 2. The van der Waals surface area contributed by atoms with Gasteiger partial charge in [-0.15, -0.1) is 0 Å². The van der Waals surface area contributed by atoms with Crippen LogP contribution in [0.4, 0.5) is 0 Å². The minimum atomic E-state index is 0.351. The SMILES string of the molecule is CN=C(NCc1ccnc(OC2CCCC2)c1)NCC1CC1. The molecule has 0 spiro atoms. The summed E-state index contributed by atoms with van der Waals surface area (Å²) in [6.07, 6.45) is 9.71. The number of nitrogens with zero attached hydrogens (tertiary/aromatic N) is 2. The predicted octanol–water partition coefficient (Wildman–Crippen LogP) is 2.48. The fourth-order valence-corrected chi connectivity index (χ4v) is 2.77. The van der Waals surface area contributed by atoms with E-state index in [1.165, 1.54) is 25.7 Å². The molecule has 1 heterocycles. The van der Waals surface area contributed by atoms with Gasteiger partial charge < -0.3 is 15.4 Å². The summed E-state index contributed by atoms with van der Waals surface area (Å²) >= 11 is 0. The molecule has 0 unspecified atom stereocenters. The molecule has 2 aliphatic carbocycles. The van der Waals surface area contributed by atoms with Crippen LogP contribution in [-0.2, 0) is 6.54 Å². The molecule has 0 bridgehead atoms. The van der Waals surface area contributed by atoms with Crippen molar-refractivity contribution in [3.8, 4) is 5.88 Å². The Morgan fingerprint density at radius 1 is 1.27 bits per heavy atom. The lowest BCUT2D eigenvalue weighted by Crippen LogP contribution is -2.37. The van der Waals surface area contributed by atoms with Crippen LogP contribution in [0.5, 0.6) is 5.88 Å². The first-order valence-corrected chi connectivity index (χ1v) is 8.39. The Kier molecular flexibility index (Phi) is 5.14. The average Bonchev–Trinajstić information content (AvgIpc) is 3.23. The minimum Gasteiger partial charge on any atom is -0.474 e. The van der Waals surface area contributed by atoms with Crippen molar-refractivity contribution >= 4 is 5.96 Å². The largest absolute Gasteiger partial charge is 0.474 e. The predicted molar refractivity (Wildman–Crippen MR) is 88.0 cm³/mol. The molecule has 0 radical (unpaired) electrons. The van der Waals surface area contributed by atoms with Gasteiger partial charge in [-0.05, 0) is 56.1 Å². The molecule has 0 amide bonds. The number of guanidine groups is 1. The van der Waals surface area contributed by atoms with E-state index in [0.29, 0.717) is 6.10 Å². The topological polar surface area (TPSA) is 58.5 Å². The normalized spacial score (nSPS) is 19.2. The van der Waals surface area contributed by atoms with Gasteiger partial charge in [-0.25, -0.2) is 4.98 Å². The standard InChI is InChI=1S/C17H26N4O/c1-18-17(20-11-13-6-7-13)21-12-14-8-9-19-16(10-14)22-15-4-2-3-5-15/h8-10,13,15H,2-7,11-12H2,1H3,(H2,18,20,21). The third-order valence-corrected chi connectivity index (χ3v) is 4.33. The molecule has 0 aliphatic heterocycles. The van der Waals surface area contributed by atoms with Gasteiger partial charge in [-0.3, -0.25) is 4.99 Å². The minimum absolute atomic E-state index is 0.351. The molecule has 0 saturated heterocycles. The number of nitrogens with one attached hydrogen (secondary N) is 2. The molecule has 2 aliphatic rings. The molecule has 22 heavy (non-hydrogen) atoms. The molecule has 1 aromatic rings. The summed E-state index contributed by atoms with van der Waals surface area (Å²) in [5.41, 5.74) is 1.16. The van der Waals surface area contributed by atoms with Crippen LogP contribution in [0.1, 0.15) is 44.1 Å². The van der Waals surface area contributed by atoms with Crippen LogP contribution in [-0.4, -0.2) is 30.6 Å². The zero-order valence-corrected chi connectivity index (χ0v) is 13.3. The van der Waals surface area contributed by atoms with Gasteiger partial charge in [0.1, 0.15) is 6.10 Å². The molecule has 0 aromatic carbocycles. The van der Waals surface area contributed by atoms with Crippen LogP contribution in [0, 0.1) is 5.92 Å². The zero-order chi connectivity index (χ0) is 15.2. The maximum atomic E-state index is 5.95. The monoisotopic (exact) mass is 302 g/mol. The Morgan fingerprint density at radius 2 is 2.09 bits per heavy atom. The molecule has 0 atom stereocenters. The van der Waals surface area contributed by atoms with Crippen molar-refractivity contribution in [2.75, 3.05) is 13.6 Å². The first-order chi connectivity index (χ1) is 10.8. The van der Waals surface area contributed by atoms with Crippen molar-refractivity contribution in [3.63, 3.8) is 0 Å². The lowest BCUT2D eigenvalue weighted by atomic mass is 10.2. The third-order valence-electron chi connectivity index (χ3n) is 4.33. The Morgan fingerprint density at radius 3 is 2.82 bits per heavy atom. The quantitative estimate of drug-likeness (QED) is 0.626. The lowest BCUT2D eigenvalue weighted by molar-refractivity contribution is 0.201. The fourth-order valence-electron chi connectivity index (χ4n) is 2.77. The molecule has 5 heteroatoms. The fraction of sp³-hybridized carbons (Fsp3) is 0.647. The summed E-state index contributed by atoms with van der Waals surface area (Å²) in [5, 5.41) is 6.71. The Labute approximate surface area is 132 Å². The van der Waals surface area contributed by atoms with Gasteiger partial charge in [0.05, 0.1) is 0 Å². The van der Waals surface area contributed by atoms with Crippen LogP contribution in [0.25, 0.3) is 0 Å². The highest BCUT2D eigenvalue weighted by Gasteiger charge is 2.21. The van der Waals surface area contributed by atoms with Crippen molar-refractivity contribution in [2.45, 2.75) is 51.2 Å².